The summed E-state index contributed by atoms with van der Waals surface area (Å²) in [5, 5.41) is 0.725. The van der Waals surface area contributed by atoms with Crippen LogP contribution in [0.2, 0.25) is 0 Å². The molecule has 0 radical (unpaired) electrons. The Labute approximate surface area is 68.8 Å². The number of hydrogen-bond acceptors (Lipinski definition) is 2. The van der Waals surface area contributed by atoms with E-state index < -0.39 is 0 Å². The van der Waals surface area contributed by atoms with Crippen molar-refractivity contribution in [2.75, 3.05) is 5.75 Å². The van der Waals surface area contributed by atoms with Crippen molar-refractivity contribution in [2.45, 2.75) is 44.9 Å². The van der Waals surface area contributed by atoms with Crippen molar-refractivity contribution in [3.05, 3.63) is 0 Å². The Morgan fingerprint density at radius 3 is 2.40 bits per heavy atom. The third-order valence-corrected chi connectivity index (χ3v) is 2.59. The van der Waals surface area contributed by atoms with Crippen LogP contribution in [0.4, 0.5) is 0 Å². The van der Waals surface area contributed by atoms with Crippen molar-refractivity contribution in [2.24, 2.45) is 5.73 Å². The topological polar surface area (TPSA) is 26.0 Å². The van der Waals surface area contributed by atoms with Gasteiger partial charge in [0.15, 0.2) is 0 Å². The molecule has 10 heavy (non-hydrogen) atoms. The fourth-order valence-corrected chi connectivity index (χ4v) is 1.57. The predicted molar refractivity (Wildman–Crippen MR) is 50.5 cm³/mol. The molecule has 1 unspecified atom stereocenters. The first kappa shape index (κ1) is 10.3. The van der Waals surface area contributed by atoms with Crippen LogP contribution in [0.15, 0.2) is 0 Å². The molecular weight excluding hydrogens is 142 g/mol. The zero-order valence-corrected chi connectivity index (χ0v) is 8.08. The lowest BCUT2D eigenvalue weighted by molar-refractivity contribution is 0.660. The molecule has 0 aliphatic rings. The SMILES string of the molecule is CCCC(N)CSC(C)C. The van der Waals surface area contributed by atoms with Crippen molar-refractivity contribution >= 4 is 11.8 Å². The first-order chi connectivity index (χ1) is 4.66. The maximum Gasteiger partial charge on any atom is 0.0130 e. The van der Waals surface area contributed by atoms with E-state index in [1.165, 1.54) is 12.8 Å². The van der Waals surface area contributed by atoms with Gasteiger partial charge in [-0.1, -0.05) is 27.2 Å². The second kappa shape index (κ2) is 6.05. The molecule has 0 aromatic carbocycles. The maximum atomic E-state index is 5.81. The van der Waals surface area contributed by atoms with Crippen molar-refractivity contribution in [3.8, 4) is 0 Å². The summed E-state index contributed by atoms with van der Waals surface area (Å²) in [6.07, 6.45) is 2.37. The number of thioether (sulfide) groups is 1. The summed E-state index contributed by atoms with van der Waals surface area (Å²) in [6.45, 7) is 6.60. The van der Waals surface area contributed by atoms with E-state index in [4.69, 9.17) is 5.73 Å². The fourth-order valence-electron chi connectivity index (χ4n) is 0.770. The van der Waals surface area contributed by atoms with E-state index in [2.05, 4.69) is 20.8 Å². The summed E-state index contributed by atoms with van der Waals surface area (Å²) in [4.78, 5) is 0. The monoisotopic (exact) mass is 161 g/mol. The Balaban J connectivity index is 3.12. The lowest BCUT2D eigenvalue weighted by Crippen LogP contribution is -2.23. The second-order valence-corrected chi connectivity index (χ2v) is 4.54. The summed E-state index contributed by atoms with van der Waals surface area (Å²) in [5.74, 6) is 1.12. The minimum atomic E-state index is 0.414. The van der Waals surface area contributed by atoms with E-state index >= 15 is 0 Å². The van der Waals surface area contributed by atoms with Gasteiger partial charge in [-0.05, 0) is 11.7 Å². The summed E-state index contributed by atoms with van der Waals surface area (Å²) >= 11 is 1.95. The normalized spacial score (nSPS) is 14.1. The predicted octanol–water partition coefficient (Wildman–Crippen LogP) is 2.26. The van der Waals surface area contributed by atoms with Gasteiger partial charge in [-0.3, -0.25) is 0 Å². The van der Waals surface area contributed by atoms with Crippen molar-refractivity contribution in [3.63, 3.8) is 0 Å². The molecule has 1 atom stereocenters. The van der Waals surface area contributed by atoms with Gasteiger partial charge in [0, 0.05) is 11.8 Å². The molecule has 0 fully saturated rings. The molecule has 2 N–H and O–H groups in total. The summed E-state index contributed by atoms with van der Waals surface area (Å²) in [6, 6.07) is 0.414. The highest BCUT2D eigenvalue weighted by atomic mass is 32.2. The minimum Gasteiger partial charge on any atom is -0.327 e. The third-order valence-electron chi connectivity index (χ3n) is 1.30. The first-order valence-electron chi connectivity index (χ1n) is 4.04. The maximum absolute atomic E-state index is 5.81. The first-order valence-corrected chi connectivity index (χ1v) is 5.08. The molecule has 0 heterocycles. The summed E-state index contributed by atoms with van der Waals surface area (Å²) < 4.78 is 0. The van der Waals surface area contributed by atoms with Gasteiger partial charge in [-0.25, -0.2) is 0 Å². The highest BCUT2D eigenvalue weighted by molar-refractivity contribution is 7.99. The average molecular weight is 161 g/mol. The van der Waals surface area contributed by atoms with Gasteiger partial charge in [0.1, 0.15) is 0 Å². The lowest BCUT2D eigenvalue weighted by atomic mass is 10.2. The smallest absolute Gasteiger partial charge is 0.0130 e. The van der Waals surface area contributed by atoms with Crippen LogP contribution in [-0.4, -0.2) is 17.0 Å². The Morgan fingerprint density at radius 2 is 2.00 bits per heavy atom. The van der Waals surface area contributed by atoms with Crippen LogP contribution in [0.3, 0.4) is 0 Å². The summed E-state index contributed by atoms with van der Waals surface area (Å²) in [7, 11) is 0. The van der Waals surface area contributed by atoms with Crippen molar-refractivity contribution in [1.82, 2.24) is 0 Å². The molecule has 0 aliphatic heterocycles. The van der Waals surface area contributed by atoms with E-state index in [0.717, 1.165) is 11.0 Å². The van der Waals surface area contributed by atoms with Gasteiger partial charge in [-0.2, -0.15) is 11.8 Å². The molecule has 0 bridgehead atoms. The summed E-state index contributed by atoms with van der Waals surface area (Å²) in [5.41, 5.74) is 5.81. The quantitative estimate of drug-likeness (QED) is 0.669. The molecule has 0 spiro atoms. The lowest BCUT2D eigenvalue weighted by Gasteiger charge is -2.10. The zero-order chi connectivity index (χ0) is 7.98. The molecule has 1 nitrogen and oxygen atoms in total. The van der Waals surface area contributed by atoms with Crippen LogP contribution < -0.4 is 5.73 Å². The van der Waals surface area contributed by atoms with Crippen molar-refractivity contribution < 1.29 is 0 Å². The van der Waals surface area contributed by atoms with Gasteiger partial charge in [0.05, 0.1) is 0 Å². The molecular formula is C8H19NS. The molecule has 0 aromatic heterocycles. The Morgan fingerprint density at radius 1 is 1.40 bits per heavy atom. The molecule has 0 saturated carbocycles. The highest BCUT2D eigenvalue weighted by Crippen LogP contribution is 2.11. The van der Waals surface area contributed by atoms with Crippen LogP contribution in [0.25, 0.3) is 0 Å². The van der Waals surface area contributed by atoms with Crippen LogP contribution >= 0.6 is 11.8 Å². The van der Waals surface area contributed by atoms with E-state index in [-0.39, 0.29) is 0 Å². The van der Waals surface area contributed by atoms with Gasteiger partial charge < -0.3 is 5.73 Å². The van der Waals surface area contributed by atoms with Crippen LogP contribution in [-0.2, 0) is 0 Å². The molecule has 0 amide bonds. The van der Waals surface area contributed by atoms with Gasteiger partial charge in [-0.15, -0.1) is 0 Å². The third kappa shape index (κ3) is 6.43. The average Bonchev–Trinajstić information content (AvgIpc) is 1.85. The zero-order valence-electron chi connectivity index (χ0n) is 7.26. The fraction of sp³-hybridized carbons (Fsp3) is 1.00. The van der Waals surface area contributed by atoms with Crippen LogP contribution in [0.5, 0.6) is 0 Å². The largest absolute Gasteiger partial charge is 0.327 e. The standard InChI is InChI=1S/C8H19NS/c1-4-5-8(9)6-10-7(2)3/h7-8H,4-6,9H2,1-3H3. The molecule has 0 rings (SSSR count). The molecule has 62 valence electrons. The number of hydrogen-bond donors (Lipinski definition) is 1. The molecule has 0 saturated heterocycles. The van der Waals surface area contributed by atoms with Gasteiger partial charge in [0.25, 0.3) is 0 Å². The Bertz CT molecular complexity index is 73.7. The molecule has 0 aliphatic carbocycles. The second-order valence-electron chi connectivity index (χ2n) is 2.93. The number of rotatable bonds is 5. The molecule has 0 aromatic rings. The van der Waals surface area contributed by atoms with Crippen LogP contribution in [0, 0.1) is 0 Å². The minimum absolute atomic E-state index is 0.414. The van der Waals surface area contributed by atoms with Gasteiger partial charge >= 0.3 is 0 Å². The van der Waals surface area contributed by atoms with Crippen molar-refractivity contribution in [1.29, 1.82) is 0 Å². The molecule has 2 heteroatoms. The van der Waals surface area contributed by atoms with E-state index in [0.29, 0.717) is 6.04 Å². The van der Waals surface area contributed by atoms with Gasteiger partial charge in [0.2, 0.25) is 0 Å². The highest BCUT2D eigenvalue weighted by Gasteiger charge is 2.01. The van der Waals surface area contributed by atoms with E-state index in [1.54, 1.807) is 0 Å². The van der Waals surface area contributed by atoms with E-state index in [9.17, 15) is 0 Å². The van der Waals surface area contributed by atoms with Crippen LogP contribution in [0.1, 0.15) is 33.6 Å². The van der Waals surface area contributed by atoms with E-state index in [1.807, 2.05) is 11.8 Å². The Kier molecular flexibility index (Phi) is 6.24. The number of nitrogens with two attached hydrogens (primary N) is 1. The Hall–Kier alpha value is 0.310.